The fourth-order valence-corrected chi connectivity index (χ4v) is 2.74. The van der Waals surface area contributed by atoms with Crippen LogP contribution in [-0.4, -0.2) is 4.57 Å². The van der Waals surface area contributed by atoms with Crippen LogP contribution >= 0.6 is 11.3 Å². The van der Waals surface area contributed by atoms with Gasteiger partial charge in [0.15, 0.2) is 0 Å². The molecule has 0 spiro atoms. The number of nitrogens with zero attached hydrogens (tertiary/aromatic N) is 1. The van der Waals surface area contributed by atoms with Crippen LogP contribution in [0.2, 0.25) is 0 Å². The van der Waals surface area contributed by atoms with Crippen LogP contribution in [0.3, 0.4) is 0 Å². The maximum atomic E-state index is 2.29. The van der Waals surface area contributed by atoms with Crippen molar-refractivity contribution in [2.24, 2.45) is 0 Å². The predicted molar refractivity (Wildman–Crippen MR) is 67.7 cm³/mol. The van der Waals surface area contributed by atoms with Crippen molar-refractivity contribution in [1.29, 1.82) is 0 Å². The molecule has 3 rings (SSSR count). The zero-order chi connectivity index (χ0) is 10.4. The molecule has 2 aromatic heterocycles. The molecule has 2 heterocycles. The molecule has 0 unspecified atom stereocenters. The van der Waals surface area contributed by atoms with E-state index in [-0.39, 0.29) is 0 Å². The highest BCUT2D eigenvalue weighted by Crippen LogP contribution is 2.28. The maximum absolute atomic E-state index is 2.29. The molecular weight excluding hydrogens is 202 g/mol. The molecule has 3 aromatic rings. The fraction of sp³-hybridized carbons (Fsp3) is 0.231. The molecule has 0 bridgehead atoms. The summed E-state index contributed by atoms with van der Waals surface area (Å²) in [5.41, 5.74) is 0. The molecule has 0 radical (unpaired) electrons. The van der Waals surface area contributed by atoms with Gasteiger partial charge in [0.1, 0.15) is 0 Å². The van der Waals surface area contributed by atoms with Crippen molar-refractivity contribution < 1.29 is 0 Å². The minimum Gasteiger partial charge on any atom is -0.351 e. The summed E-state index contributed by atoms with van der Waals surface area (Å²) < 4.78 is 3.65. The number of rotatable bonds is 1. The molecule has 2 heteroatoms. The smallest absolute Gasteiger partial charge is 0.0349 e. The lowest BCUT2D eigenvalue weighted by Crippen LogP contribution is -1.94. The second kappa shape index (κ2) is 3.11. The Morgan fingerprint density at radius 2 is 1.80 bits per heavy atom. The minimum absolute atomic E-state index is 0.537. The lowest BCUT2D eigenvalue weighted by molar-refractivity contribution is 0.606. The lowest BCUT2D eigenvalue weighted by atomic mass is 10.2. The molecule has 15 heavy (non-hydrogen) atoms. The van der Waals surface area contributed by atoms with Gasteiger partial charge in [-0.3, -0.25) is 0 Å². The Morgan fingerprint density at radius 1 is 1.07 bits per heavy atom. The van der Waals surface area contributed by atoms with Crippen molar-refractivity contribution in [3.63, 3.8) is 0 Å². The molecule has 76 valence electrons. The number of fused-ring (bicyclic) bond motifs is 2. The van der Waals surface area contributed by atoms with Crippen molar-refractivity contribution in [3.05, 3.63) is 36.0 Å². The summed E-state index contributed by atoms with van der Waals surface area (Å²) in [6.45, 7) is 4.42. The van der Waals surface area contributed by atoms with E-state index in [9.17, 15) is 0 Å². The van der Waals surface area contributed by atoms with E-state index >= 15 is 0 Å². The fourth-order valence-electron chi connectivity index (χ4n) is 1.92. The van der Waals surface area contributed by atoms with E-state index in [1.54, 1.807) is 0 Å². The van der Waals surface area contributed by atoms with E-state index in [1.165, 1.54) is 20.9 Å². The lowest BCUT2D eigenvalue weighted by Gasteiger charge is -2.04. The van der Waals surface area contributed by atoms with Gasteiger partial charge < -0.3 is 4.57 Å². The summed E-state index contributed by atoms with van der Waals surface area (Å²) in [6, 6.07) is 7.29. The molecule has 0 aliphatic heterocycles. The third-order valence-electron chi connectivity index (χ3n) is 2.83. The molecule has 0 saturated carbocycles. The van der Waals surface area contributed by atoms with E-state index in [2.05, 4.69) is 54.4 Å². The van der Waals surface area contributed by atoms with Crippen molar-refractivity contribution >= 4 is 32.2 Å². The van der Waals surface area contributed by atoms with Crippen molar-refractivity contribution in [1.82, 2.24) is 4.57 Å². The monoisotopic (exact) mass is 215 g/mol. The summed E-state index contributed by atoms with van der Waals surface area (Å²) in [5, 5.41) is 6.20. The number of benzene rings is 1. The first-order valence-electron chi connectivity index (χ1n) is 5.22. The van der Waals surface area contributed by atoms with Crippen molar-refractivity contribution in [2.75, 3.05) is 0 Å². The molecule has 0 N–H and O–H groups in total. The highest BCUT2D eigenvalue weighted by Gasteiger charge is 2.03. The summed E-state index contributed by atoms with van der Waals surface area (Å²) in [6.07, 6.45) is 4.47. The molecule has 0 saturated heterocycles. The highest BCUT2D eigenvalue weighted by molar-refractivity contribution is 7.17. The number of thiophene rings is 1. The van der Waals surface area contributed by atoms with Crippen LogP contribution in [0.15, 0.2) is 36.0 Å². The molecule has 1 nitrogen and oxygen atoms in total. The maximum Gasteiger partial charge on any atom is 0.0349 e. The van der Waals surface area contributed by atoms with Crippen molar-refractivity contribution in [3.8, 4) is 0 Å². The zero-order valence-electron chi connectivity index (χ0n) is 8.90. The molecular formula is C13H13NS. The summed E-state index contributed by atoms with van der Waals surface area (Å²) in [7, 11) is 0. The van der Waals surface area contributed by atoms with Gasteiger partial charge in [-0.1, -0.05) is 0 Å². The van der Waals surface area contributed by atoms with Gasteiger partial charge in [0.05, 0.1) is 0 Å². The topological polar surface area (TPSA) is 4.93 Å². The van der Waals surface area contributed by atoms with Gasteiger partial charge >= 0.3 is 0 Å². The van der Waals surface area contributed by atoms with Gasteiger partial charge in [-0.05, 0) is 42.8 Å². The van der Waals surface area contributed by atoms with Crippen LogP contribution in [0.1, 0.15) is 19.9 Å². The van der Waals surface area contributed by atoms with Crippen molar-refractivity contribution in [2.45, 2.75) is 19.9 Å². The Morgan fingerprint density at radius 3 is 2.53 bits per heavy atom. The number of aromatic nitrogens is 1. The van der Waals surface area contributed by atoms with Crippen LogP contribution in [0.5, 0.6) is 0 Å². The SMILES string of the molecule is CC(C)n1cc2cc3ccsc3cc2c1. The standard InChI is InChI=1S/C13H13NS/c1-9(2)14-7-11-5-10-3-4-15-13(10)6-12(11)8-14/h3-9H,1-2H3. The van der Waals surface area contributed by atoms with Gasteiger partial charge in [-0.2, -0.15) is 0 Å². The average molecular weight is 215 g/mol. The molecule has 0 amide bonds. The van der Waals surface area contributed by atoms with E-state index in [0.717, 1.165) is 0 Å². The van der Waals surface area contributed by atoms with E-state index in [0.29, 0.717) is 6.04 Å². The van der Waals surface area contributed by atoms with Crippen LogP contribution in [0, 0.1) is 0 Å². The van der Waals surface area contributed by atoms with Gasteiger partial charge in [-0.25, -0.2) is 0 Å². The first kappa shape index (κ1) is 8.98. The van der Waals surface area contributed by atoms with Gasteiger partial charge in [0.2, 0.25) is 0 Å². The quantitative estimate of drug-likeness (QED) is 0.565. The highest BCUT2D eigenvalue weighted by atomic mass is 32.1. The second-order valence-corrected chi connectivity index (χ2v) is 5.19. The van der Waals surface area contributed by atoms with Gasteiger partial charge in [0, 0.05) is 33.9 Å². The van der Waals surface area contributed by atoms with Crippen LogP contribution in [0.25, 0.3) is 20.9 Å². The predicted octanol–water partition coefficient (Wildman–Crippen LogP) is 4.44. The Kier molecular flexibility index (Phi) is 1.86. The van der Waals surface area contributed by atoms with E-state index < -0.39 is 0 Å². The summed E-state index contributed by atoms with van der Waals surface area (Å²) in [4.78, 5) is 0. The largest absolute Gasteiger partial charge is 0.351 e. The molecule has 1 aromatic carbocycles. The average Bonchev–Trinajstić information content (AvgIpc) is 2.77. The Labute approximate surface area is 92.9 Å². The van der Waals surface area contributed by atoms with Crippen LogP contribution in [-0.2, 0) is 0 Å². The van der Waals surface area contributed by atoms with E-state index in [1.807, 2.05) is 11.3 Å². The Bertz CT molecular complexity index is 568. The third kappa shape index (κ3) is 1.37. The molecule has 0 aliphatic carbocycles. The summed E-state index contributed by atoms with van der Waals surface area (Å²) in [5.74, 6) is 0. The molecule has 0 aliphatic rings. The number of hydrogen-bond acceptors (Lipinski definition) is 1. The van der Waals surface area contributed by atoms with Crippen LogP contribution in [0.4, 0.5) is 0 Å². The molecule has 0 fully saturated rings. The Balaban J connectivity index is 2.34. The Hall–Kier alpha value is -1.28. The zero-order valence-corrected chi connectivity index (χ0v) is 9.71. The number of hydrogen-bond donors (Lipinski definition) is 0. The first-order chi connectivity index (χ1) is 7.24. The minimum atomic E-state index is 0.537. The normalized spacial score (nSPS) is 11.9. The van der Waals surface area contributed by atoms with Crippen LogP contribution < -0.4 is 0 Å². The van der Waals surface area contributed by atoms with Gasteiger partial charge in [0.25, 0.3) is 0 Å². The van der Waals surface area contributed by atoms with Gasteiger partial charge in [-0.15, -0.1) is 11.3 Å². The third-order valence-corrected chi connectivity index (χ3v) is 3.71. The van der Waals surface area contributed by atoms with E-state index in [4.69, 9.17) is 0 Å². The molecule has 0 atom stereocenters. The second-order valence-electron chi connectivity index (χ2n) is 4.24. The first-order valence-corrected chi connectivity index (χ1v) is 6.10. The summed E-state index contributed by atoms with van der Waals surface area (Å²) >= 11 is 1.81.